The molecule has 0 aliphatic carbocycles. The lowest BCUT2D eigenvalue weighted by Gasteiger charge is -2.31. The van der Waals surface area contributed by atoms with Crippen LogP contribution >= 0.6 is 11.6 Å². The first-order valence-electron chi connectivity index (χ1n) is 12.3. The van der Waals surface area contributed by atoms with Gasteiger partial charge in [0, 0.05) is 31.1 Å². The second-order valence-electron chi connectivity index (χ2n) is 8.64. The largest absolute Gasteiger partial charge is 0.351 e. The molecule has 9 heteroatoms. The SMILES string of the molecule is C=CCNC(=O)C(c1ccccc1)N(Cc1ccc(Cl)cc1)C(=O)CCc1ccc(S(=O)(=O)NCC)cc1. The van der Waals surface area contributed by atoms with Gasteiger partial charge in [0.1, 0.15) is 6.04 Å². The van der Waals surface area contributed by atoms with E-state index in [1.54, 1.807) is 42.2 Å². The number of halogens is 1. The van der Waals surface area contributed by atoms with Crippen molar-refractivity contribution in [1.29, 1.82) is 0 Å². The summed E-state index contributed by atoms with van der Waals surface area (Å²) in [6.07, 6.45) is 2.10. The quantitative estimate of drug-likeness (QED) is 0.301. The molecule has 7 nitrogen and oxygen atoms in total. The Balaban J connectivity index is 1.87. The molecular formula is C29H32ClN3O4S. The van der Waals surface area contributed by atoms with Crippen LogP contribution in [0.5, 0.6) is 0 Å². The maximum atomic E-state index is 13.7. The van der Waals surface area contributed by atoms with Crippen LogP contribution < -0.4 is 10.0 Å². The van der Waals surface area contributed by atoms with Gasteiger partial charge in [0.05, 0.1) is 4.90 Å². The lowest BCUT2D eigenvalue weighted by molar-refractivity contribution is -0.141. The first-order chi connectivity index (χ1) is 18.2. The molecule has 0 radical (unpaired) electrons. The molecule has 3 aromatic rings. The van der Waals surface area contributed by atoms with Crippen molar-refractivity contribution in [2.75, 3.05) is 13.1 Å². The van der Waals surface area contributed by atoms with Crippen molar-refractivity contribution in [2.24, 2.45) is 0 Å². The van der Waals surface area contributed by atoms with Gasteiger partial charge in [-0.05, 0) is 47.4 Å². The first kappa shape index (κ1) is 29.1. The zero-order chi connectivity index (χ0) is 27.5. The van der Waals surface area contributed by atoms with E-state index in [0.717, 1.165) is 11.1 Å². The first-order valence-corrected chi connectivity index (χ1v) is 14.2. The zero-order valence-electron chi connectivity index (χ0n) is 21.3. The molecule has 3 aromatic carbocycles. The highest BCUT2D eigenvalue weighted by atomic mass is 35.5. The lowest BCUT2D eigenvalue weighted by Crippen LogP contribution is -2.43. The van der Waals surface area contributed by atoms with Crippen molar-refractivity contribution >= 4 is 33.4 Å². The van der Waals surface area contributed by atoms with Gasteiger partial charge in [0.2, 0.25) is 21.8 Å². The molecule has 0 aromatic heterocycles. The van der Waals surface area contributed by atoms with Crippen LogP contribution in [-0.2, 0) is 32.6 Å². The van der Waals surface area contributed by atoms with Crippen LogP contribution in [0.1, 0.15) is 36.1 Å². The van der Waals surface area contributed by atoms with E-state index < -0.39 is 16.1 Å². The second-order valence-corrected chi connectivity index (χ2v) is 10.8. The molecule has 0 saturated heterocycles. The molecule has 0 fully saturated rings. The number of carbonyl (C=O) groups excluding carboxylic acids is 2. The van der Waals surface area contributed by atoms with E-state index in [1.165, 1.54) is 12.1 Å². The van der Waals surface area contributed by atoms with Gasteiger partial charge in [-0.25, -0.2) is 13.1 Å². The van der Waals surface area contributed by atoms with Crippen LogP contribution in [-0.4, -0.2) is 38.2 Å². The fourth-order valence-electron chi connectivity index (χ4n) is 3.99. The number of carbonyl (C=O) groups is 2. The van der Waals surface area contributed by atoms with Crippen molar-refractivity contribution in [3.05, 3.63) is 113 Å². The second kappa shape index (κ2) is 13.9. The number of hydrogen-bond donors (Lipinski definition) is 2. The van der Waals surface area contributed by atoms with E-state index in [-0.39, 0.29) is 36.2 Å². The average molecular weight is 554 g/mol. The van der Waals surface area contributed by atoms with Gasteiger partial charge in [0.15, 0.2) is 0 Å². The predicted octanol–water partition coefficient (Wildman–Crippen LogP) is 4.64. The molecule has 3 rings (SSSR count). The molecule has 0 spiro atoms. The Kier molecular flexibility index (Phi) is 10.6. The molecule has 0 heterocycles. The van der Waals surface area contributed by atoms with E-state index in [4.69, 9.17) is 11.6 Å². The Hall–Kier alpha value is -3.46. The number of aryl methyl sites for hydroxylation is 1. The van der Waals surface area contributed by atoms with Crippen molar-refractivity contribution in [3.63, 3.8) is 0 Å². The summed E-state index contributed by atoms with van der Waals surface area (Å²) in [5.41, 5.74) is 2.33. The maximum absolute atomic E-state index is 13.7. The third kappa shape index (κ3) is 8.02. The summed E-state index contributed by atoms with van der Waals surface area (Å²) in [5, 5.41) is 3.41. The van der Waals surface area contributed by atoms with E-state index >= 15 is 0 Å². The summed E-state index contributed by atoms with van der Waals surface area (Å²) in [5.74, 6) is -0.525. The minimum Gasteiger partial charge on any atom is -0.351 e. The number of nitrogens with one attached hydrogen (secondary N) is 2. The molecule has 38 heavy (non-hydrogen) atoms. The third-order valence-corrected chi connectivity index (χ3v) is 7.69. The Bertz CT molecular complexity index is 1330. The van der Waals surface area contributed by atoms with Crippen molar-refractivity contribution in [1.82, 2.24) is 14.9 Å². The van der Waals surface area contributed by atoms with Gasteiger partial charge in [-0.1, -0.05) is 79.2 Å². The van der Waals surface area contributed by atoms with E-state index in [0.29, 0.717) is 23.6 Å². The number of benzene rings is 3. The molecule has 2 N–H and O–H groups in total. The highest BCUT2D eigenvalue weighted by molar-refractivity contribution is 7.89. The molecule has 1 atom stereocenters. The average Bonchev–Trinajstić information content (AvgIpc) is 2.92. The van der Waals surface area contributed by atoms with Crippen LogP contribution in [0.25, 0.3) is 0 Å². The fourth-order valence-corrected chi connectivity index (χ4v) is 5.16. The Morgan fingerprint density at radius 3 is 2.21 bits per heavy atom. The van der Waals surface area contributed by atoms with E-state index in [2.05, 4.69) is 16.6 Å². The number of sulfonamides is 1. The summed E-state index contributed by atoms with van der Waals surface area (Å²) in [7, 11) is -3.55. The molecular weight excluding hydrogens is 522 g/mol. The van der Waals surface area contributed by atoms with E-state index in [9.17, 15) is 18.0 Å². The number of amides is 2. The molecule has 0 aliphatic heterocycles. The standard InChI is InChI=1S/C29H32ClN3O4S/c1-3-20-31-29(35)28(24-8-6-5-7-9-24)33(21-23-10-15-25(30)16-11-23)27(34)19-14-22-12-17-26(18-13-22)38(36,37)32-4-2/h3,5-13,15-18,28,32H,1,4,14,19-21H2,2H3,(H,31,35). The van der Waals surface area contributed by atoms with Crippen molar-refractivity contribution in [3.8, 4) is 0 Å². The van der Waals surface area contributed by atoms with Crippen LogP contribution in [0.2, 0.25) is 5.02 Å². The summed E-state index contributed by atoms with van der Waals surface area (Å²) in [6, 6.07) is 21.9. The van der Waals surface area contributed by atoms with Gasteiger partial charge in [-0.15, -0.1) is 6.58 Å². The maximum Gasteiger partial charge on any atom is 0.247 e. The third-order valence-electron chi connectivity index (χ3n) is 5.88. The molecule has 2 amide bonds. The summed E-state index contributed by atoms with van der Waals surface area (Å²) >= 11 is 6.06. The van der Waals surface area contributed by atoms with Crippen LogP contribution in [0.15, 0.2) is 96.4 Å². The van der Waals surface area contributed by atoms with Crippen LogP contribution in [0.3, 0.4) is 0 Å². The Morgan fingerprint density at radius 1 is 0.974 bits per heavy atom. The monoisotopic (exact) mass is 553 g/mol. The Labute approximate surface area is 229 Å². The molecule has 0 aliphatic rings. The molecule has 200 valence electrons. The van der Waals surface area contributed by atoms with Gasteiger partial charge >= 0.3 is 0 Å². The summed E-state index contributed by atoms with van der Waals surface area (Å²) < 4.78 is 26.9. The summed E-state index contributed by atoms with van der Waals surface area (Å²) in [4.78, 5) is 28.7. The predicted molar refractivity (Wildman–Crippen MR) is 150 cm³/mol. The van der Waals surface area contributed by atoms with Gasteiger partial charge < -0.3 is 10.2 Å². The fraction of sp³-hybridized carbons (Fsp3) is 0.241. The molecule has 1 unspecified atom stereocenters. The topological polar surface area (TPSA) is 95.6 Å². The molecule has 0 saturated carbocycles. The highest BCUT2D eigenvalue weighted by Crippen LogP contribution is 2.26. The van der Waals surface area contributed by atoms with Gasteiger partial charge in [0.25, 0.3) is 0 Å². The number of hydrogen-bond acceptors (Lipinski definition) is 4. The lowest BCUT2D eigenvalue weighted by atomic mass is 10.0. The van der Waals surface area contributed by atoms with Crippen molar-refractivity contribution in [2.45, 2.75) is 37.2 Å². The Morgan fingerprint density at radius 2 is 1.61 bits per heavy atom. The zero-order valence-corrected chi connectivity index (χ0v) is 22.8. The van der Waals surface area contributed by atoms with E-state index in [1.807, 2.05) is 42.5 Å². The summed E-state index contributed by atoms with van der Waals surface area (Å²) in [6.45, 7) is 6.15. The van der Waals surface area contributed by atoms with Crippen LogP contribution in [0, 0.1) is 0 Å². The highest BCUT2D eigenvalue weighted by Gasteiger charge is 2.31. The van der Waals surface area contributed by atoms with Gasteiger partial charge in [-0.3, -0.25) is 9.59 Å². The number of rotatable bonds is 13. The molecule has 0 bridgehead atoms. The van der Waals surface area contributed by atoms with Crippen LogP contribution in [0.4, 0.5) is 0 Å². The number of nitrogens with zero attached hydrogens (tertiary/aromatic N) is 1. The minimum absolute atomic E-state index is 0.130. The minimum atomic E-state index is -3.55. The normalized spacial score (nSPS) is 11.9. The van der Waals surface area contributed by atoms with Gasteiger partial charge in [-0.2, -0.15) is 0 Å². The van der Waals surface area contributed by atoms with Crippen molar-refractivity contribution < 1.29 is 18.0 Å². The smallest absolute Gasteiger partial charge is 0.247 e.